The van der Waals surface area contributed by atoms with Crippen LogP contribution in [0.4, 0.5) is 18.9 Å². The van der Waals surface area contributed by atoms with Gasteiger partial charge in [-0.2, -0.15) is 13.2 Å². The number of ether oxygens (including phenoxy) is 2. The molecule has 0 fully saturated rings. The normalized spacial score (nSPS) is 11.9. The van der Waals surface area contributed by atoms with Crippen LogP contribution in [-0.2, 0) is 16.2 Å². The lowest BCUT2D eigenvalue weighted by atomic mass is 10.2. The van der Waals surface area contributed by atoms with Crippen molar-refractivity contribution in [3.8, 4) is 11.5 Å². The van der Waals surface area contributed by atoms with Gasteiger partial charge in [0.25, 0.3) is 10.0 Å². The molecule has 0 saturated carbocycles. The molecule has 0 aliphatic heterocycles. The summed E-state index contributed by atoms with van der Waals surface area (Å²) in [5, 5.41) is 0. The first kappa shape index (κ1) is 17.9. The van der Waals surface area contributed by atoms with Crippen LogP contribution in [0.5, 0.6) is 11.5 Å². The van der Waals surface area contributed by atoms with Crippen LogP contribution in [0, 0.1) is 0 Å². The number of hydrogen-bond acceptors (Lipinski definition) is 4. The Balaban J connectivity index is 2.51. The second kappa shape index (κ2) is 6.60. The second-order valence-corrected chi connectivity index (χ2v) is 6.32. The maximum absolute atomic E-state index is 13.0. The van der Waals surface area contributed by atoms with E-state index in [9.17, 15) is 21.6 Å². The zero-order chi connectivity index (χ0) is 18.0. The van der Waals surface area contributed by atoms with Gasteiger partial charge in [0.05, 0.1) is 30.4 Å². The summed E-state index contributed by atoms with van der Waals surface area (Å²) < 4.78 is 76.1. The Labute approximate surface area is 137 Å². The molecule has 0 amide bonds. The van der Waals surface area contributed by atoms with Gasteiger partial charge in [0, 0.05) is 6.07 Å². The molecule has 130 valence electrons. The molecule has 0 radical (unpaired) electrons. The van der Waals surface area contributed by atoms with Crippen molar-refractivity contribution in [2.24, 2.45) is 0 Å². The van der Waals surface area contributed by atoms with Gasteiger partial charge < -0.3 is 9.47 Å². The molecule has 0 spiro atoms. The molecule has 0 aliphatic rings. The molecule has 0 aliphatic carbocycles. The average Bonchev–Trinajstić information content (AvgIpc) is 2.53. The maximum atomic E-state index is 13.0. The Bertz CT molecular complexity index is 835. The van der Waals surface area contributed by atoms with E-state index in [0.29, 0.717) is 11.8 Å². The highest BCUT2D eigenvalue weighted by atomic mass is 32.2. The summed E-state index contributed by atoms with van der Waals surface area (Å²) >= 11 is 0. The molecule has 0 aromatic heterocycles. The van der Waals surface area contributed by atoms with E-state index in [0.717, 1.165) is 12.1 Å². The lowest BCUT2D eigenvalue weighted by Gasteiger charge is -2.16. The molecule has 24 heavy (non-hydrogen) atoms. The minimum Gasteiger partial charge on any atom is -0.497 e. The van der Waals surface area contributed by atoms with Crippen LogP contribution in [0.1, 0.15) is 5.56 Å². The Kier molecular flexibility index (Phi) is 4.93. The molecule has 2 aromatic carbocycles. The van der Waals surface area contributed by atoms with Crippen molar-refractivity contribution in [2.75, 3.05) is 18.9 Å². The van der Waals surface area contributed by atoms with Gasteiger partial charge in [-0.1, -0.05) is 12.1 Å². The first-order chi connectivity index (χ1) is 11.2. The topological polar surface area (TPSA) is 64.6 Å². The van der Waals surface area contributed by atoms with E-state index in [-0.39, 0.29) is 11.4 Å². The van der Waals surface area contributed by atoms with Crippen LogP contribution in [0.2, 0.25) is 0 Å². The molecular formula is C15H14F3NO4S. The summed E-state index contributed by atoms with van der Waals surface area (Å²) in [5.41, 5.74) is -1.28. The number of alkyl halides is 3. The summed E-state index contributed by atoms with van der Waals surface area (Å²) in [6.45, 7) is 0. The lowest BCUT2D eigenvalue weighted by molar-refractivity contribution is -0.139. The predicted octanol–water partition coefficient (Wildman–Crippen LogP) is 3.52. The van der Waals surface area contributed by atoms with Gasteiger partial charge in [-0.15, -0.1) is 0 Å². The van der Waals surface area contributed by atoms with E-state index >= 15 is 0 Å². The van der Waals surface area contributed by atoms with Gasteiger partial charge >= 0.3 is 6.18 Å². The predicted molar refractivity (Wildman–Crippen MR) is 81.8 cm³/mol. The summed E-state index contributed by atoms with van der Waals surface area (Å²) in [7, 11) is -1.81. The number of methoxy groups -OCH3 is 2. The summed E-state index contributed by atoms with van der Waals surface area (Å²) in [5.74, 6) is 0.460. The van der Waals surface area contributed by atoms with Gasteiger partial charge in [-0.3, -0.25) is 4.72 Å². The Morgan fingerprint density at radius 2 is 1.67 bits per heavy atom. The largest absolute Gasteiger partial charge is 0.497 e. The van der Waals surface area contributed by atoms with Crippen LogP contribution >= 0.6 is 0 Å². The molecule has 0 bridgehead atoms. The fraction of sp³-hybridized carbons (Fsp3) is 0.200. The average molecular weight is 361 g/mol. The van der Waals surface area contributed by atoms with Crippen LogP contribution in [0.15, 0.2) is 47.4 Å². The van der Waals surface area contributed by atoms with Crippen molar-refractivity contribution in [3.05, 3.63) is 48.0 Å². The zero-order valence-corrected chi connectivity index (χ0v) is 13.5. The Morgan fingerprint density at radius 1 is 1.00 bits per heavy atom. The SMILES string of the molecule is COc1ccc(OC)c(NS(=O)(=O)c2ccccc2C(F)(F)F)c1. The Morgan fingerprint density at radius 3 is 2.25 bits per heavy atom. The molecule has 0 atom stereocenters. The minimum absolute atomic E-state index is 0.0335. The number of hydrogen-bond donors (Lipinski definition) is 1. The second-order valence-electron chi connectivity index (χ2n) is 4.67. The van der Waals surface area contributed by atoms with Crippen molar-refractivity contribution < 1.29 is 31.1 Å². The molecule has 9 heteroatoms. The van der Waals surface area contributed by atoms with Crippen molar-refractivity contribution in [2.45, 2.75) is 11.1 Å². The van der Waals surface area contributed by atoms with Crippen molar-refractivity contribution >= 4 is 15.7 Å². The molecule has 5 nitrogen and oxygen atoms in total. The van der Waals surface area contributed by atoms with E-state index in [1.165, 1.54) is 38.5 Å². The maximum Gasteiger partial charge on any atom is 0.417 e. The third-order valence-corrected chi connectivity index (χ3v) is 4.56. The van der Waals surface area contributed by atoms with Crippen molar-refractivity contribution in [3.63, 3.8) is 0 Å². The van der Waals surface area contributed by atoms with E-state index in [4.69, 9.17) is 9.47 Å². The molecule has 2 rings (SSSR count). The third kappa shape index (κ3) is 3.73. The molecule has 0 heterocycles. The number of nitrogens with one attached hydrogen (secondary N) is 1. The van der Waals surface area contributed by atoms with E-state index in [1.807, 2.05) is 0 Å². The van der Waals surface area contributed by atoms with Crippen molar-refractivity contribution in [1.82, 2.24) is 0 Å². The summed E-state index contributed by atoms with van der Waals surface area (Å²) in [6, 6.07) is 8.20. The first-order valence-corrected chi connectivity index (χ1v) is 8.08. The monoisotopic (exact) mass is 361 g/mol. The van der Waals surface area contributed by atoms with E-state index in [1.54, 1.807) is 0 Å². The lowest BCUT2D eigenvalue weighted by Crippen LogP contribution is -2.19. The number of sulfonamides is 1. The molecular weight excluding hydrogens is 347 g/mol. The van der Waals surface area contributed by atoms with E-state index < -0.39 is 26.7 Å². The third-order valence-electron chi connectivity index (χ3n) is 3.13. The number of rotatable bonds is 5. The van der Waals surface area contributed by atoms with Gasteiger partial charge in [-0.25, -0.2) is 8.42 Å². The molecule has 2 aromatic rings. The van der Waals surface area contributed by atoms with Crippen LogP contribution in [0.25, 0.3) is 0 Å². The number of halogens is 3. The quantitative estimate of drug-likeness (QED) is 0.885. The van der Waals surface area contributed by atoms with E-state index in [2.05, 4.69) is 4.72 Å². The highest BCUT2D eigenvalue weighted by Crippen LogP contribution is 2.36. The number of benzene rings is 2. The first-order valence-electron chi connectivity index (χ1n) is 6.60. The van der Waals surface area contributed by atoms with Crippen molar-refractivity contribution in [1.29, 1.82) is 0 Å². The van der Waals surface area contributed by atoms with Crippen LogP contribution in [0.3, 0.4) is 0 Å². The van der Waals surface area contributed by atoms with Gasteiger partial charge in [0.2, 0.25) is 0 Å². The standard InChI is InChI=1S/C15H14F3NO4S/c1-22-10-7-8-13(23-2)12(9-10)19-24(20,21)14-6-4-3-5-11(14)15(16,17)18/h3-9,19H,1-2H3. The number of anilines is 1. The van der Waals surface area contributed by atoms with Gasteiger partial charge in [-0.05, 0) is 24.3 Å². The van der Waals surface area contributed by atoms with Crippen LogP contribution < -0.4 is 14.2 Å². The minimum atomic E-state index is -4.80. The molecule has 1 N–H and O–H groups in total. The highest BCUT2D eigenvalue weighted by molar-refractivity contribution is 7.92. The summed E-state index contributed by atoms with van der Waals surface area (Å²) in [6.07, 6.45) is -4.80. The molecule has 0 unspecified atom stereocenters. The fourth-order valence-corrected chi connectivity index (χ4v) is 3.32. The fourth-order valence-electron chi connectivity index (χ4n) is 2.03. The van der Waals surface area contributed by atoms with Crippen LogP contribution in [-0.4, -0.2) is 22.6 Å². The highest BCUT2D eigenvalue weighted by Gasteiger charge is 2.37. The zero-order valence-electron chi connectivity index (χ0n) is 12.7. The smallest absolute Gasteiger partial charge is 0.417 e. The molecule has 0 saturated heterocycles. The Hall–Kier alpha value is -2.42. The van der Waals surface area contributed by atoms with Gasteiger partial charge in [0.15, 0.2) is 0 Å². The van der Waals surface area contributed by atoms with Gasteiger partial charge in [0.1, 0.15) is 11.5 Å². The summed E-state index contributed by atoms with van der Waals surface area (Å²) in [4.78, 5) is -0.873.